The smallest absolute Gasteiger partial charge is 0.234 e. The third-order valence-electron chi connectivity index (χ3n) is 4.08. The number of nitrogens with one attached hydrogen (secondary N) is 1. The topological polar surface area (TPSA) is 32.3 Å². The SMILES string of the molecule is CCCCNC(=O)CN1CCC(c2ccccc2)CC1. The van der Waals surface area contributed by atoms with Crippen molar-refractivity contribution in [1.29, 1.82) is 0 Å². The molecule has 110 valence electrons. The second-order valence-corrected chi connectivity index (χ2v) is 5.66. The van der Waals surface area contributed by atoms with Gasteiger partial charge in [0.05, 0.1) is 6.54 Å². The molecule has 1 aromatic rings. The molecule has 3 heteroatoms. The van der Waals surface area contributed by atoms with Crippen LogP contribution >= 0.6 is 0 Å². The Kier molecular flexibility index (Phi) is 6.06. The minimum atomic E-state index is 0.177. The first-order chi connectivity index (χ1) is 9.79. The lowest BCUT2D eigenvalue weighted by Crippen LogP contribution is -2.41. The van der Waals surface area contributed by atoms with Crippen LogP contribution in [0.4, 0.5) is 0 Å². The van der Waals surface area contributed by atoms with E-state index in [0.29, 0.717) is 12.5 Å². The molecule has 0 radical (unpaired) electrons. The molecule has 1 aromatic carbocycles. The van der Waals surface area contributed by atoms with Crippen molar-refractivity contribution in [2.75, 3.05) is 26.2 Å². The zero-order valence-corrected chi connectivity index (χ0v) is 12.5. The number of benzene rings is 1. The third kappa shape index (κ3) is 4.64. The number of carbonyl (C=O) groups is 1. The number of likely N-dealkylation sites (tertiary alicyclic amines) is 1. The third-order valence-corrected chi connectivity index (χ3v) is 4.08. The summed E-state index contributed by atoms with van der Waals surface area (Å²) in [4.78, 5) is 14.1. The highest BCUT2D eigenvalue weighted by atomic mass is 16.2. The van der Waals surface area contributed by atoms with Gasteiger partial charge in [0.2, 0.25) is 5.91 Å². The monoisotopic (exact) mass is 274 g/mol. The van der Waals surface area contributed by atoms with E-state index in [0.717, 1.165) is 45.3 Å². The van der Waals surface area contributed by atoms with Crippen LogP contribution < -0.4 is 5.32 Å². The summed E-state index contributed by atoms with van der Waals surface area (Å²) in [5.41, 5.74) is 1.44. The number of carbonyl (C=O) groups excluding carboxylic acids is 1. The van der Waals surface area contributed by atoms with E-state index in [1.807, 2.05) is 0 Å². The Hall–Kier alpha value is -1.35. The molecule has 0 unspecified atom stereocenters. The van der Waals surface area contributed by atoms with Crippen molar-refractivity contribution in [3.8, 4) is 0 Å². The fourth-order valence-corrected chi connectivity index (χ4v) is 2.81. The summed E-state index contributed by atoms with van der Waals surface area (Å²) in [5.74, 6) is 0.840. The lowest BCUT2D eigenvalue weighted by Gasteiger charge is -2.31. The van der Waals surface area contributed by atoms with Gasteiger partial charge in [-0.25, -0.2) is 0 Å². The first kappa shape index (κ1) is 15.0. The van der Waals surface area contributed by atoms with Gasteiger partial charge in [-0.2, -0.15) is 0 Å². The minimum Gasteiger partial charge on any atom is -0.355 e. The maximum absolute atomic E-state index is 11.8. The van der Waals surface area contributed by atoms with Crippen LogP contribution in [0.15, 0.2) is 30.3 Å². The van der Waals surface area contributed by atoms with Crippen molar-refractivity contribution in [2.24, 2.45) is 0 Å². The largest absolute Gasteiger partial charge is 0.355 e. The van der Waals surface area contributed by atoms with Crippen LogP contribution in [0, 0.1) is 0 Å². The molecular formula is C17H26N2O. The van der Waals surface area contributed by atoms with E-state index < -0.39 is 0 Å². The average Bonchev–Trinajstić information content (AvgIpc) is 2.49. The average molecular weight is 274 g/mol. The van der Waals surface area contributed by atoms with Gasteiger partial charge in [0, 0.05) is 6.54 Å². The predicted molar refractivity (Wildman–Crippen MR) is 82.8 cm³/mol. The van der Waals surface area contributed by atoms with Crippen LogP contribution in [0.5, 0.6) is 0 Å². The Morgan fingerprint density at radius 3 is 2.60 bits per heavy atom. The molecule has 1 amide bonds. The van der Waals surface area contributed by atoms with Gasteiger partial charge in [-0.05, 0) is 43.8 Å². The van der Waals surface area contributed by atoms with Crippen molar-refractivity contribution < 1.29 is 4.79 Å². The number of amides is 1. The first-order valence-corrected chi connectivity index (χ1v) is 7.83. The van der Waals surface area contributed by atoms with Crippen LogP contribution in [0.3, 0.4) is 0 Å². The van der Waals surface area contributed by atoms with Crippen LogP contribution in [0.2, 0.25) is 0 Å². The van der Waals surface area contributed by atoms with Gasteiger partial charge in [-0.3, -0.25) is 9.69 Å². The van der Waals surface area contributed by atoms with Crippen molar-refractivity contribution >= 4 is 5.91 Å². The molecule has 3 nitrogen and oxygen atoms in total. The van der Waals surface area contributed by atoms with E-state index in [1.165, 1.54) is 5.56 Å². The molecule has 0 bridgehead atoms. The first-order valence-electron chi connectivity index (χ1n) is 7.83. The molecule has 1 heterocycles. The standard InChI is InChI=1S/C17H26N2O/c1-2-3-11-18-17(20)14-19-12-9-16(10-13-19)15-7-5-4-6-8-15/h4-8,16H,2-3,9-14H2,1H3,(H,18,20). The molecule has 0 aliphatic carbocycles. The van der Waals surface area contributed by atoms with Crippen LogP contribution in [-0.4, -0.2) is 37.0 Å². The highest BCUT2D eigenvalue weighted by Crippen LogP contribution is 2.27. The highest BCUT2D eigenvalue weighted by Gasteiger charge is 2.21. The second-order valence-electron chi connectivity index (χ2n) is 5.66. The highest BCUT2D eigenvalue weighted by molar-refractivity contribution is 5.77. The van der Waals surface area contributed by atoms with E-state index in [-0.39, 0.29) is 5.91 Å². The zero-order valence-electron chi connectivity index (χ0n) is 12.5. The number of unbranched alkanes of at least 4 members (excludes halogenated alkanes) is 1. The van der Waals surface area contributed by atoms with Crippen molar-refractivity contribution in [2.45, 2.75) is 38.5 Å². The van der Waals surface area contributed by atoms with Crippen LogP contribution in [-0.2, 0) is 4.79 Å². The predicted octanol–water partition coefficient (Wildman–Crippen LogP) is 2.78. The summed E-state index contributed by atoms with van der Waals surface area (Å²) in [6.07, 6.45) is 4.52. The molecule has 0 aromatic heterocycles. The maximum Gasteiger partial charge on any atom is 0.234 e. The normalized spacial score (nSPS) is 17.1. The zero-order chi connectivity index (χ0) is 14.2. The van der Waals surface area contributed by atoms with Crippen molar-refractivity contribution in [3.63, 3.8) is 0 Å². The van der Waals surface area contributed by atoms with Crippen molar-refractivity contribution in [1.82, 2.24) is 10.2 Å². The molecular weight excluding hydrogens is 248 g/mol. The number of hydrogen-bond donors (Lipinski definition) is 1. The molecule has 1 fully saturated rings. The van der Waals surface area contributed by atoms with E-state index in [2.05, 4.69) is 47.5 Å². The fraction of sp³-hybridized carbons (Fsp3) is 0.588. The van der Waals surface area contributed by atoms with Gasteiger partial charge in [0.25, 0.3) is 0 Å². The molecule has 1 saturated heterocycles. The Morgan fingerprint density at radius 2 is 1.95 bits per heavy atom. The van der Waals surface area contributed by atoms with E-state index in [4.69, 9.17) is 0 Å². The minimum absolute atomic E-state index is 0.177. The molecule has 1 aliphatic rings. The Labute approximate surface area is 122 Å². The van der Waals surface area contributed by atoms with Gasteiger partial charge in [0.15, 0.2) is 0 Å². The summed E-state index contributed by atoms with van der Waals surface area (Å²) >= 11 is 0. The number of piperidine rings is 1. The van der Waals surface area contributed by atoms with Gasteiger partial charge < -0.3 is 5.32 Å². The van der Waals surface area contributed by atoms with Gasteiger partial charge in [-0.1, -0.05) is 43.7 Å². The summed E-state index contributed by atoms with van der Waals surface area (Å²) in [6, 6.07) is 10.7. The summed E-state index contributed by atoms with van der Waals surface area (Å²) < 4.78 is 0. The molecule has 1 N–H and O–H groups in total. The summed E-state index contributed by atoms with van der Waals surface area (Å²) in [5, 5.41) is 2.99. The van der Waals surface area contributed by atoms with Gasteiger partial charge in [-0.15, -0.1) is 0 Å². The quantitative estimate of drug-likeness (QED) is 0.809. The molecule has 0 spiro atoms. The van der Waals surface area contributed by atoms with E-state index in [9.17, 15) is 4.79 Å². The Balaban J connectivity index is 1.70. The number of hydrogen-bond acceptors (Lipinski definition) is 2. The van der Waals surface area contributed by atoms with Gasteiger partial charge >= 0.3 is 0 Å². The fourth-order valence-electron chi connectivity index (χ4n) is 2.81. The number of rotatable bonds is 6. The summed E-state index contributed by atoms with van der Waals surface area (Å²) in [7, 11) is 0. The lowest BCUT2D eigenvalue weighted by molar-refractivity contribution is -0.122. The Bertz CT molecular complexity index is 397. The second kappa shape index (κ2) is 8.05. The molecule has 20 heavy (non-hydrogen) atoms. The van der Waals surface area contributed by atoms with E-state index in [1.54, 1.807) is 0 Å². The van der Waals surface area contributed by atoms with Crippen LogP contribution in [0.25, 0.3) is 0 Å². The Morgan fingerprint density at radius 1 is 1.25 bits per heavy atom. The van der Waals surface area contributed by atoms with Crippen molar-refractivity contribution in [3.05, 3.63) is 35.9 Å². The van der Waals surface area contributed by atoms with Crippen LogP contribution in [0.1, 0.15) is 44.1 Å². The molecule has 0 saturated carbocycles. The summed E-state index contributed by atoms with van der Waals surface area (Å²) in [6.45, 7) is 5.57. The molecule has 1 aliphatic heterocycles. The lowest BCUT2D eigenvalue weighted by atomic mass is 9.89. The molecule has 2 rings (SSSR count). The number of nitrogens with zero attached hydrogens (tertiary/aromatic N) is 1. The molecule has 0 atom stereocenters. The maximum atomic E-state index is 11.8. The van der Waals surface area contributed by atoms with E-state index >= 15 is 0 Å². The van der Waals surface area contributed by atoms with Gasteiger partial charge in [0.1, 0.15) is 0 Å².